The van der Waals surface area contributed by atoms with Gasteiger partial charge in [0.05, 0.1) is 6.04 Å². The minimum Gasteiger partial charge on any atom is -0.239 e. The predicted octanol–water partition coefficient (Wildman–Crippen LogP) is 2.74. The number of sulfone groups is 1. The fraction of sp³-hybridized carbons (Fsp3) is 0.429. The van der Waals surface area contributed by atoms with Gasteiger partial charge in [-0.1, -0.05) is 0 Å². The van der Waals surface area contributed by atoms with Crippen LogP contribution in [0.3, 0.4) is 0 Å². The molecule has 3 atom stereocenters. The number of aromatic nitrogens is 3. The summed E-state index contributed by atoms with van der Waals surface area (Å²) in [6.07, 6.45) is -2.93. The van der Waals surface area contributed by atoms with Gasteiger partial charge in [0.25, 0.3) is 11.1 Å². The van der Waals surface area contributed by atoms with Gasteiger partial charge < -0.3 is 0 Å². The van der Waals surface area contributed by atoms with Crippen LogP contribution in [0.4, 0.5) is 22.0 Å². The van der Waals surface area contributed by atoms with Gasteiger partial charge in [-0.15, -0.1) is 5.10 Å². The summed E-state index contributed by atoms with van der Waals surface area (Å²) in [4.78, 5) is 3.54. The monoisotopic (exact) mass is 379 g/mol. The van der Waals surface area contributed by atoms with Gasteiger partial charge in [-0.3, -0.25) is 0 Å². The number of rotatable bonds is 3. The third kappa shape index (κ3) is 2.43. The number of alkyl halides is 3. The van der Waals surface area contributed by atoms with E-state index < -0.39 is 62.3 Å². The van der Waals surface area contributed by atoms with Gasteiger partial charge in [0.15, 0.2) is 12.0 Å². The topological polar surface area (TPSA) is 64.8 Å². The molecule has 1 saturated carbocycles. The van der Waals surface area contributed by atoms with Gasteiger partial charge in [-0.2, -0.15) is 4.98 Å². The van der Waals surface area contributed by atoms with Crippen LogP contribution in [-0.2, 0) is 9.84 Å². The fourth-order valence-corrected chi connectivity index (χ4v) is 4.53. The van der Waals surface area contributed by atoms with Crippen molar-refractivity contribution in [2.45, 2.75) is 41.4 Å². The van der Waals surface area contributed by atoms with Gasteiger partial charge in [0, 0.05) is 18.4 Å². The standard InChI is InChI=1S/C14H10F5N3O2S/c15-6-1-2-8(16)7(3-6)10-4-9(17)12-20-13(21-22(10)12)25(23,24)11-5-14(11,18)19/h1-3,9-11H,4-5H2/t9-,10-,11-/m0/s1. The van der Waals surface area contributed by atoms with Crippen molar-refractivity contribution in [3.8, 4) is 0 Å². The number of hydrogen-bond donors (Lipinski definition) is 0. The minimum absolute atomic E-state index is 0.216. The van der Waals surface area contributed by atoms with E-state index in [2.05, 4.69) is 10.1 Å². The van der Waals surface area contributed by atoms with E-state index in [9.17, 15) is 30.4 Å². The van der Waals surface area contributed by atoms with Crippen LogP contribution in [0.5, 0.6) is 0 Å². The first-order chi connectivity index (χ1) is 11.6. The number of hydrogen-bond acceptors (Lipinski definition) is 4. The second-order valence-corrected chi connectivity index (χ2v) is 8.11. The van der Waals surface area contributed by atoms with Gasteiger partial charge >= 0.3 is 0 Å². The predicted molar refractivity (Wildman–Crippen MR) is 73.5 cm³/mol. The molecule has 0 radical (unpaired) electrons. The Labute approximate surface area is 138 Å². The second-order valence-electron chi connectivity index (χ2n) is 6.08. The zero-order chi connectivity index (χ0) is 18.1. The van der Waals surface area contributed by atoms with Crippen LogP contribution >= 0.6 is 0 Å². The molecule has 1 fully saturated rings. The highest BCUT2D eigenvalue weighted by Crippen LogP contribution is 2.49. The Morgan fingerprint density at radius 3 is 2.56 bits per heavy atom. The molecule has 11 heteroatoms. The number of nitrogens with zero attached hydrogens (tertiary/aromatic N) is 3. The van der Waals surface area contributed by atoms with Crippen LogP contribution in [0.2, 0.25) is 0 Å². The fourth-order valence-electron chi connectivity index (χ4n) is 2.96. The first-order valence-corrected chi connectivity index (χ1v) is 8.83. The first-order valence-electron chi connectivity index (χ1n) is 7.28. The summed E-state index contributed by atoms with van der Waals surface area (Å²) in [6.45, 7) is 0. The number of fused-ring (bicyclic) bond motifs is 1. The van der Waals surface area contributed by atoms with Crippen LogP contribution < -0.4 is 0 Å². The molecule has 0 amide bonds. The summed E-state index contributed by atoms with van der Waals surface area (Å²) in [5.41, 5.74) is -0.216. The Morgan fingerprint density at radius 2 is 1.92 bits per heavy atom. The van der Waals surface area contributed by atoms with E-state index in [0.29, 0.717) is 0 Å². The lowest BCUT2D eigenvalue weighted by molar-refractivity contribution is 0.121. The molecule has 0 unspecified atom stereocenters. The van der Waals surface area contributed by atoms with Crippen LogP contribution in [0.1, 0.15) is 36.4 Å². The Morgan fingerprint density at radius 1 is 1.24 bits per heavy atom. The molecule has 1 aromatic carbocycles. The molecule has 0 saturated heterocycles. The van der Waals surface area contributed by atoms with E-state index in [1.54, 1.807) is 0 Å². The largest absolute Gasteiger partial charge is 0.267 e. The van der Waals surface area contributed by atoms with E-state index >= 15 is 0 Å². The Hall–Kier alpha value is -2.04. The summed E-state index contributed by atoms with van der Waals surface area (Å²) in [6, 6.07) is 1.48. The Balaban J connectivity index is 1.77. The quantitative estimate of drug-likeness (QED) is 0.770. The van der Waals surface area contributed by atoms with E-state index in [1.807, 2.05) is 0 Å². The second kappa shape index (κ2) is 4.99. The van der Waals surface area contributed by atoms with Crippen molar-refractivity contribution in [2.24, 2.45) is 0 Å². The third-order valence-corrected chi connectivity index (χ3v) is 6.30. The molecule has 0 N–H and O–H groups in total. The van der Waals surface area contributed by atoms with E-state index in [0.717, 1.165) is 22.9 Å². The van der Waals surface area contributed by atoms with Crippen molar-refractivity contribution >= 4 is 9.84 Å². The van der Waals surface area contributed by atoms with Crippen LogP contribution in [0.25, 0.3) is 0 Å². The minimum atomic E-state index is -4.53. The molecular formula is C14H10F5N3O2S. The highest BCUT2D eigenvalue weighted by Gasteiger charge is 2.66. The highest BCUT2D eigenvalue weighted by molar-refractivity contribution is 7.92. The molecule has 2 aliphatic rings. The lowest BCUT2D eigenvalue weighted by atomic mass is 10.0. The average Bonchev–Trinajstić information content (AvgIpc) is 2.89. The summed E-state index contributed by atoms with van der Waals surface area (Å²) < 4.78 is 92.7. The highest BCUT2D eigenvalue weighted by atomic mass is 32.2. The summed E-state index contributed by atoms with van der Waals surface area (Å²) in [7, 11) is -4.53. The molecule has 1 aromatic heterocycles. The molecule has 4 rings (SSSR count). The van der Waals surface area contributed by atoms with Crippen molar-refractivity contribution in [3.63, 3.8) is 0 Å². The molecule has 1 aliphatic carbocycles. The third-order valence-electron chi connectivity index (χ3n) is 4.36. The lowest BCUT2D eigenvalue weighted by Crippen LogP contribution is -2.17. The molecule has 0 bridgehead atoms. The molecule has 5 nitrogen and oxygen atoms in total. The first kappa shape index (κ1) is 16.4. The van der Waals surface area contributed by atoms with Gasteiger partial charge in [0.2, 0.25) is 9.84 Å². The molecule has 2 heterocycles. The van der Waals surface area contributed by atoms with Crippen molar-refractivity contribution in [1.29, 1.82) is 0 Å². The van der Waals surface area contributed by atoms with Crippen molar-refractivity contribution < 1.29 is 30.4 Å². The SMILES string of the molecule is O=S(=O)(c1nc2n(n1)[C@H](c1cc(F)ccc1F)C[C@@H]2F)[C@H]1CC1(F)F. The number of halogens is 5. The van der Waals surface area contributed by atoms with Crippen LogP contribution in [0, 0.1) is 11.6 Å². The van der Waals surface area contributed by atoms with Gasteiger partial charge in [-0.05, 0) is 18.2 Å². The molecule has 0 spiro atoms. The molecule has 1 aliphatic heterocycles. The Bertz CT molecular complexity index is 975. The maximum absolute atomic E-state index is 14.2. The molecule has 2 aromatic rings. The van der Waals surface area contributed by atoms with E-state index in [1.165, 1.54) is 0 Å². The summed E-state index contributed by atoms with van der Waals surface area (Å²) in [5, 5.41) is 0.762. The maximum Gasteiger partial charge on any atom is 0.267 e. The van der Waals surface area contributed by atoms with Crippen molar-refractivity contribution in [1.82, 2.24) is 14.8 Å². The maximum atomic E-state index is 14.2. The molecule has 134 valence electrons. The molecular weight excluding hydrogens is 369 g/mol. The summed E-state index contributed by atoms with van der Waals surface area (Å²) in [5.74, 6) is -5.35. The van der Waals surface area contributed by atoms with Crippen LogP contribution in [-0.4, -0.2) is 34.4 Å². The normalized spacial score (nSPS) is 27.3. The average molecular weight is 379 g/mol. The van der Waals surface area contributed by atoms with E-state index in [-0.39, 0.29) is 12.0 Å². The summed E-state index contributed by atoms with van der Waals surface area (Å²) >= 11 is 0. The zero-order valence-electron chi connectivity index (χ0n) is 12.3. The van der Waals surface area contributed by atoms with Crippen molar-refractivity contribution in [2.75, 3.05) is 0 Å². The number of benzene rings is 1. The van der Waals surface area contributed by atoms with E-state index in [4.69, 9.17) is 0 Å². The zero-order valence-corrected chi connectivity index (χ0v) is 13.2. The van der Waals surface area contributed by atoms with Crippen LogP contribution in [0.15, 0.2) is 23.4 Å². The van der Waals surface area contributed by atoms with Gasteiger partial charge in [0.1, 0.15) is 16.9 Å². The molecule has 25 heavy (non-hydrogen) atoms. The smallest absolute Gasteiger partial charge is 0.239 e. The van der Waals surface area contributed by atoms with Crippen molar-refractivity contribution in [3.05, 3.63) is 41.2 Å². The van der Waals surface area contributed by atoms with Gasteiger partial charge in [-0.25, -0.2) is 35.1 Å². The Kier molecular flexibility index (Phi) is 3.28. The lowest BCUT2D eigenvalue weighted by Gasteiger charge is -2.12.